The number of amides is 1. The molecule has 0 unspecified atom stereocenters. The highest BCUT2D eigenvalue weighted by Crippen LogP contribution is 2.30. The van der Waals surface area contributed by atoms with Crippen LogP contribution < -0.4 is 5.32 Å². The van der Waals surface area contributed by atoms with Crippen LogP contribution in [-0.2, 0) is 6.18 Å². The zero-order valence-electron chi connectivity index (χ0n) is 12.2. The van der Waals surface area contributed by atoms with E-state index in [1.807, 2.05) is 13.8 Å². The monoisotopic (exact) mass is 311 g/mol. The van der Waals surface area contributed by atoms with Crippen LogP contribution in [-0.4, -0.2) is 21.5 Å². The highest BCUT2D eigenvalue weighted by atomic mass is 19.4. The first-order chi connectivity index (χ1) is 10.3. The fourth-order valence-corrected chi connectivity index (χ4v) is 1.82. The Morgan fingerprint density at radius 3 is 2.77 bits per heavy atom. The Morgan fingerprint density at radius 2 is 2.14 bits per heavy atom. The van der Waals surface area contributed by atoms with Gasteiger partial charge in [0.25, 0.3) is 5.91 Å². The van der Waals surface area contributed by atoms with E-state index in [0.29, 0.717) is 5.69 Å². The SMILES string of the molecule is CC[C@@H](C)NC(=O)c1cn(-c2cccc(C(F)(F)F)c2)cn1. The maximum atomic E-state index is 12.7. The molecule has 0 saturated carbocycles. The number of rotatable bonds is 4. The number of nitrogens with zero attached hydrogens (tertiary/aromatic N) is 2. The Morgan fingerprint density at radius 1 is 1.41 bits per heavy atom. The summed E-state index contributed by atoms with van der Waals surface area (Å²) >= 11 is 0. The molecular weight excluding hydrogens is 295 g/mol. The van der Waals surface area contributed by atoms with Crippen LogP contribution in [0.4, 0.5) is 13.2 Å². The largest absolute Gasteiger partial charge is 0.416 e. The molecule has 0 aliphatic carbocycles. The van der Waals surface area contributed by atoms with Crippen molar-refractivity contribution in [2.45, 2.75) is 32.5 Å². The number of alkyl halides is 3. The Hall–Kier alpha value is -2.31. The lowest BCUT2D eigenvalue weighted by molar-refractivity contribution is -0.137. The summed E-state index contributed by atoms with van der Waals surface area (Å²) in [5, 5.41) is 2.75. The molecule has 118 valence electrons. The lowest BCUT2D eigenvalue weighted by Gasteiger charge is -2.10. The van der Waals surface area contributed by atoms with Crippen LogP contribution >= 0.6 is 0 Å². The molecule has 2 aromatic rings. The van der Waals surface area contributed by atoms with Gasteiger partial charge in [0.1, 0.15) is 12.0 Å². The minimum absolute atomic E-state index is 0.00575. The second kappa shape index (κ2) is 6.21. The number of carbonyl (C=O) groups excluding carboxylic acids is 1. The standard InChI is InChI=1S/C15H16F3N3O/c1-3-10(2)20-14(22)13-8-21(9-19-13)12-6-4-5-11(7-12)15(16,17)18/h4-10H,3H2,1-2H3,(H,20,22)/t10-/m1/s1. The minimum atomic E-state index is -4.41. The van der Waals surface area contributed by atoms with Crippen molar-refractivity contribution in [2.75, 3.05) is 0 Å². The summed E-state index contributed by atoms with van der Waals surface area (Å²) < 4.78 is 39.5. The molecule has 4 nitrogen and oxygen atoms in total. The fraction of sp³-hybridized carbons (Fsp3) is 0.333. The van der Waals surface area contributed by atoms with Gasteiger partial charge in [0, 0.05) is 17.9 Å². The fourth-order valence-electron chi connectivity index (χ4n) is 1.82. The molecule has 1 amide bonds. The highest BCUT2D eigenvalue weighted by Gasteiger charge is 2.30. The van der Waals surface area contributed by atoms with E-state index in [0.717, 1.165) is 18.6 Å². The predicted octanol–water partition coefficient (Wildman–Crippen LogP) is 3.42. The number of aromatic nitrogens is 2. The molecule has 1 heterocycles. The van der Waals surface area contributed by atoms with Gasteiger partial charge >= 0.3 is 6.18 Å². The summed E-state index contributed by atoms with van der Waals surface area (Å²) in [6, 6.07) is 4.85. The van der Waals surface area contributed by atoms with E-state index in [1.54, 1.807) is 0 Å². The number of hydrogen-bond donors (Lipinski definition) is 1. The van der Waals surface area contributed by atoms with Crippen LogP contribution in [0, 0.1) is 0 Å². The van der Waals surface area contributed by atoms with E-state index >= 15 is 0 Å². The third-order valence-corrected chi connectivity index (χ3v) is 3.28. The molecule has 0 radical (unpaired) electrons. The quantitative estimate of drug-likeness (QED) is 0.940. The van der Waals surface area contributed by atoms with Gasteiger partial charge in [0.2, 0.25) is 0 Å². The van der Waals surface area contributed by atoms with Gasteiger partial charge in [-0.2, -0.15) is 13.2 Å². The van der Waals surface area contributed by atoms with Crippen LogP contribution in [0.5, 0.6) is 0 Å². The molecule has 1 N–H and O–H groups in total. The maximum Gasteiger partial charge on any atom is 0.416 e. The summed E-state index contributed by atoms with van der Waals surface area (Å²) in [7, 11) is 0. The van der Waals surface area contributed by atoms with E-state index in [4.69, 9.17) is 0 Å². The third kappa shape index (κ3) is 3.66. The first kappa shape index (κ1) is 16.1. The van der Waals surface area contributed by atoms with Gasteiger partial charge < -0.3 is 9.88 Å². The van der Waals surface area contributed by atoms with Gasteiger partial charge in [-0.1, -0.05) is 13.0 Å². The molecule has 1 atom stereocenters. The number of imidazole rings is 1. The van der Waals surface area contributed by atoms with E-state index < -0.39 is 11.7 Å². The number of carbonyl (C=O) groups is 1. The molecule has 0 saturated heterocycles. The zero-order valence-corrected chi connectivity index (χ0v) is 12.2. The number of halogens is 3. The molecule has 0 fully saturated rings. The summed E-state index contributed by atoms with van der Waals surface area (Å²) in [5.41, 5.74) is -0.285. The predicted molar refractivity (Wildman–Crippen MR) is 75.8 cm³/mol. The molecular formula is C15H16F3N3O. The summed E-state index contributed by atoms with van der Waals surface area (Å²) in [6.45, 7) is 3.80. The molecule has 22 heavy (non-hydrogen) atoms. The summed E-state index contributed by atoms with van der Waals surface area (Å²) in [4.78, 5) is 15.9. The molecule has 0 aliphatic rings. The maximum absolute atomic E-state index is 12.7. The Kier molecular flexibility index (Phi) is 4.54. The number of benzene rings is 1. The average Bonchev–Trinajstić information content (AvgIpc) is 2.96. The van der Waals surface area contributed by atoms with Crippen molar-refractivity contribution in [1.82, 2.24) is 14.9 Å². The second-order valence-electron chi connectivity index (χ2n) is 5.00. The molecule has 0 bridgehead atoms. The lowest BCUT2D eigenvalue weighted by Crippen LogP contribution is -2.32. The van der Waals surface area contributed by atoms with Gasteiger partial charge in [-0.05, 0) is 31.5 Å². The van der Waals surface area contributed by atoms with Crippen molar-refractivity contribution in [3.8, 4) is 5.69 Å². The van der Waals surface area contributed by atoms with E-state index in [-0.39, 0.29) is 17.6 Å². The van der Waals surface area contributed by atoms with Crippen molar-refractivity contribution in [3.05, 3.63) is 48.0 Å². The molecule has 1 aromatic heterocycles. The molecule has 0 aliphatic heterocycles. The van der Waals surface area contributed by atoms with Crippen molar-refractivity contribution >= 4 is 5.91 Å². The van der Waals surface area contributed by atoms with Crippen LogP contribution in [0.15, 0.2) is 36.8 Å². The Bertz CT molecular complexity index is 664. The molecule has 2 rings (SSSR count). The van der Waals surface area contributed by atoms with Crippen molar-refractivity contribution in [1.29, 1.82) is 0 Å². The summed E-state index contributed by atoms with van der Waals surface area (Å²) in [5.74, 6) is -0.347. The van der Waals surface area contributed by atoms with Crippen molar-refractivity contribution in [3.63, 3.8) is 0 Å². The highest BCUT2D eigenvalue weighted by molar-refractivity contribution is 5.92. The molecule has 1 aromatic carbocycles. The smallest absolute Gasteiger partial charge is 0.348 e. The van der Waals surface area contributed by atoms with Crippen LogP contribution in [0.1, 0.15) is 36.3 Å². The van der Waals surface area contributed by atoms with Crippen molar-refractivity contribution < 1.29 is 18.0 Å². The van der Waals surface area contributed by atoms with Crippen molar-refractivity contribution in [2.24, 2.45) is 0 Å². The zero-order chi connectivity index (χ0) is 16.3. The van der Waals surface area contributed by atoms with E-state index in [1.165, 1.54) is 29.2 Å². The van der Waals surface area contributed by atoms with Gasteiger partial charge in [-0.15, -0.1) is 0 Å². The van der Waals surface area contributed by atoms with Crippen LogP contribution in [0.3, 0.4) is 0 Å². The summed E-state index contributed by atoms with van der Waals surface area (Å²) in [6.07, 6.45) is -0.901. The Balaban J connectivity index is 2.23. The molecule has 0 spiro atoms. The average molecular weight is 311 g/mol. The second-order valence-corrected chi connectivity index (χ2v) is 5.00. The molecule has 7 heteroatoms. The van der Waals surface area contributed by atoms with Gasteiger partial charge in [0.15, 0.2) is 0 Å². The Labute approximate surface area is 126 Å². The van der Waals surface area contributed by atoms with Crippen LogP contribution in [0.25, 0.3) is 5.69 Å². The topological polar surface area (TPSA) is 46.9 Å². The first-order valence-corrected chi connectivity index (χ1v) is 6.83. The minimum Gasteiger partial charge on any atom is -0.348 e. The lowest BCUT2D eigenvalue weighted by atomic mass is 10.2. The van der Waals surface area contributed by atoms with Gasteiger partial charge in [-0.25, -0.2) is 4.98 Å². The van der Waals surface area contributed by atoms with E-state index in [9.17, 15) is 18.0 Å². The van der Waals surface area contributed by atoms with E-state index in [2.05, 4.69) is 10.3 Å². The number of nitrogens with one attached hydrogen (secondary N) is 1. The van der Waals surface area contributed by atoms with Gasteiger partial charge in [-0.3, -0.25) is 4.79 Å². The number of hydrogen-bond acceptors (Lipinski definition) is 2. The first-order valence-electron chi connectivity index (χ1n) is 6.83. The normalized spacial score (nSPS) is 13.0. The van der Waals surface area contributed by atoms with Gasteiger partial charge in [0.05, 0.1) is 5.56 Å². The van der Waals surface area contributed by atoms with Crippen LogP contribution in [0.2, 0.25) is 0 Å². The third-order valence-electron chi connectivity index (χ3n) is 3.28.